The number of para-hydroxylation sites is 1. The van der Waals surface area contributed by atoms with E-state index in [1.54, 1.807) is 0 Å². The van der Waals surface area contributed by atoms with Crippen molar-refractivity contribution in [3.63, 3.8) is 0 Å². The van der Waals surface area contributed by atoms with Gasteiger partial charge in [-0.25, -0.2) is 0 Å². The second kappa shape index (κ2) is 4.50. The van der Waals surface area contributed by atoms with Crippen LogP contribution in [-0.4, -0.2) is 17.2 Å². The summed E-state index contributed by atoms with van der Waals surface area (Å²) in [5.41, 5.74) is 1.07. The Labute approximate surface area is 78.2 Å². The molecule has 1 aromatic carbocycles. The Morgan fingerprint density at radius 3 is 2.62 bits per heavy atom. The summed E-state index contributed by atoms with van der Waals surface area (Å²) in [6.07, 6.45) is 0. The number of hydrogen-bond donors (Lipinski definition) is 2. The Hall–Kier alpha value is -1.51. The van der Waals surface area contributed by atoms with Crippen molar-refractivity contribution in [2.75, 3.05) is 12.4 Å². The molecule has 0 spiro atoms. The fourth-order valence-corrected chi connectivity index (χ4v) is 1.15. The van der Waals surface area contributed by atoms with Gasteiger partial charge in [0.2, 0.25) is 0 Å². The molecule has 0 aliphatic heterocycles. The van der Waals surface area contributed by atoms with Gasteiger partial charge in [-0.3, -0.25) is 5.10 Å². The normalized spacial score (nSPS) is 9.15. The number of anilines is 1. The first-order chi connectivity index (χ1) is 6.42. The lowest BCUT2D eigenvalue weighted by Crippen LogP contribution is -1.87. The van der Waals surface area contributed by atoms with Crippen molar-refractivity contribution < 1.29 is 0 Å². The molecule has 2 rings (SSSR count). The molecular weight excluding hydrogens is 162 g/mol. The molecule has 2 aromatic rings. The monoisotopic (exact) mass is 177 g/mol. The predicted octanol–water partition coefficient (Wildman–Crippen LogP) is 2.63. The summed E-state index contributed by atoms with van der Waals surface area (Å²) in [5, 5.41) is 11.1. The smallest absolute Gasteiger partial charge is 0.155 e. The van der Waals surface area contributed by atoms with Crippen molar-refractivity contribution in [3.05, 3.63) is 24.3 Å². The first-order valence-corrected chi connectivity index (χ1v) is 4.52. The number of fused-ring (bicyclic) bond motifs is 1. The molecule has 0 saturated carbocycles. The number of H-pyrrole nitrogens is 1. The van der Waals surface area contributed by atoms with Gasteiger partial charge in [0.1, 0.15) is 0 Å². The lowest BCUT2D eigenvalue weighted by molar-refractivity contribution is 1.11. The molecule has 3 heteroatoms. The molecular formula is C10H15N3. The van der Waals surface area contributed by atoms with E-state index in [9.17, 15) is 0 Å². The number of rotatable bonds is 1. The van der Waals surface area contributed by atoms with Crippen LogP contribution in [0.3, 0.4) is 0 Å². The van der Waals surface area contributed by atoms with Crippen LogP contribution in [0.1, 0.15) is 13.8 Å². The van der Waals surface area contributed by atoms with E-state index in [0.717, 1.165) is 16.7 Å². The number of nitrogens with zero attached hydrogens (tertiary/aromatic N) is 1. The fourth-order valence-electron chi connectivity index (χ4n) is 1.15. The highest BCUT2D eigenvalue weighted by atomic mass is 15.2. The van der Waals surface area contributed by atoms with Crippen molar-refractivity contribution >= 4 is 16.7 Å². The van der Waals surface area contributed by atoms with Gasteiger partial charge in [-0.15, -0.1) is 0 Å². The third-order valence-corrected chi connectivity index (χ3v) is 1.71. The molecule has 0 aliphatic carbocycles. The molecule has 0 unspecified atom stereocenters. The Balaban J connectivity index is 0.000000396. The molecule has 1 heterocycles. The highest BCUT2D eigenvalue weighted by Crippen LogP contribution is 2.18. The minimum atomic E-state index is 0.903. The third kappa shape index (κ3) is 1.80. The average Bonchev–Trinajstić information content (AvgIpc) is 2.64. The van der Waals surface area contributed by atoms with E-state index < -0.39 is 0 Å². The largest absolute Gasteiger partial charge is 0.371 e. The molecule has 0 radical (unpaired) electrons. The standard InChI is InChI=1S/C8H9N3.C2H6/c1-9-8-6-4-2-3-5-7(6)10-11-8;1-2/h2-5H,1H3,(H2,9,10,11);1-2H3. The van der Waals surface area contributed by atoms with E-state index in [4.69, 9.17) is 0 Å². The number of aromatic nitrogens is 2. The molecule has 70 valence electrons. The maximum atomic E-state index is 4.08. The Morgan fingerprint density at radius 2 is 1.92 bits per heavy atom. The van der Waals surface area contributed by atoms with Crippen LogP contribution in [0.15, 0.2) is 24.3 Å². The van der Waals surface area contributed by atoms with Crippen molar-refractivity contribution in [1.82, 2.24) is 10.2 Å². The zero-order chi connectivity index (χ0) is 9.68. The molecule has 0 saturated heterocycles. The Kier molecular flexibility index (Phi) is 3.31. The second-order valence-electron chi connectivity index (χ2n) is 2.37. The van der Waals surface area contributed by atoms with Gasteiger partial charge in [0.25, 0.3) is 0 Å². The minimum absolute atomic E-state index is 0.903. The lowest BCUT2D eigenvalue weighted by Gasteiger charge is -1.91. The van der Waals surface area contributed by atoms with Crippen LogP contribution in [0, 0.1) is 0 Å². The van der Waals surface area contributed by atoms with Gasteiger partial charge in [-0.05, 0) is 12.1 Å². The predicted molar refractivity (Wildman–Crippen MR) is 57.0 cm³/mol. The van der Waals surface area contributed by atoms with Crippen LogP contribution in [-0.2, 0) is 0 Å². The zero-order valence-electron chi connectivity index (χ0n) is 8.26. The van der Waals surface area contributed by atoms with Crippen molar-refractivity contribution in [2.45, 2.75) is 13.8 Å². The molecule has 0 atom stereocenters. The quantitative estimate of drug-likeness (QED) is 0.703. The van der Waals surface area contributed by atoms with Crippen molar-refractivity contribution in [3.8, 4) is 0 Å². The molecule has 3 nitrogen and oxygen atoms in total. The maximum absolute atomic E-state index is 4.08. The summed E-state index contributed by atoms with van der Waals surface area (Å²) in [6, 6.07) is 8.02. The molecule has 0 fully saturated rings. The Bertz CT molecular complexity index is 365. The van der Waals surface area contributed by atoms with Crippen LogP contribution < -0.4 is 5.32 Å². The molecule has 0 aliphatic rings. The average molecular weight is 177 g/mol. The van der Waals surface area contributed by atoms with Gasteiger partial charge >= 0.3 is 0 Å². The zero-order valence-corrected chi connectivity index (χ0v) is 8.26. The maximum Gasteiger partial charge on any atom is 0.155 e. The molecule has 1 aromatic heterocycles. The van der Waals surface area contributed by atoms with Crippen molar-refractivity contribution in [2.24, 2.45) is 0 Å². The number of aromatic amines is 1. The van der Waals surface area contributed by atoms with E-state index >= 15 is 0 Å². The lowest BCUT2D eigenvalue weighted by atomic mass is 10.2. The minimum Gasteiger partial charge on any atom is -0.371 e. The second-order valence-corrected chi connectivity index (χ2v) is 2.37. The van der Waals surface area contributed by atoms with Crippen LogP contribution in [0.2, 0.25) is 0 Å². The van der Waals surface area contributed by atoms with Gasteiger partial charge in [0.05, 0.1) is 5.52 Å². The first kappa shape index (κ1) is 9.58. The van der Waals surface area contributed by atoms with E-state index in [1.165, 1.54) is 0 Å². The number of nitrogens with one attached hydrogen (secondary N) is 2. The summed E-state index contributed by atoms with van der Waals surface area (Å²) >= 11 is 0. The summed E-state index contributed by atoms with van der Waals surface area (Å²) in [6.45, 7) is 4.00. The van der Waals surface area contributed by atoms with E-state index in [2.05, 4.69) is 15.5 Å². The number of benzene rings is 1. The van der Waals surface area contributed by atoms with Gasteiger partial charge in [0, 0.05) is 12.4 Å². The molecule has 0 bridgehead atoms. The van der Waals surface area contributed by atoms with Crippen molar-refractivity contribution in [1.29, 1.82) is 0 Å². The summed E-state index contributed by atoms with van der Waals surface area (Å²) in [5.74, 6) is 0.903. The topological polar surface area (TPSA) is 40.7 Å². The highest BCUT2D eigenvalue weighted by molar-refractivity contribution is 5.89. The van der Waals surface area contributed by atoms with Crippen LogP contribution in [0.4, 0.5) is 5.82 Å². The number of hydrogen-bond acceptors (Lipinski definition) is 2. The van der Waals surface area contributed by atoms with E-state index in [1.807, 2.05) is 45.2 Å². The first-order valence-electron chi connectivity index (χ1n) is 4.52. The summed E-state index contributed by atoms with van der Waals surface area (Å²) < 4.78 is 0. The van der Waals surface area contributed by atoms with Gasteiger partial charge < -0.3 is 5.32 Å². The molecule has 2 N–H and O–H groups in total. The van der Waals surface area contributed by atoms with Crippen LogP contribution in [0.5, 0.6) is 0 Å². The van der Waals surface area contributed by atoms with E-state index in [-0.39, 0.29) is 0 Å². The van der Waals surface area contributed by atoms with Crippen LogP contribution >= 0.6 is 0 Å². The molecule has 13 heavy (non-hydrogen) atoms. The summed E-state index contributed by atoms with van der Waals surface area (Å²) in [4.78, 5) is 0. The third-order valence-electron chi connectivity index (χ3n) is 1.71. The van der Waals surface area contributed by atoms with Gasteiger partial charge in [0.15, 0.2) is 5.82 Å². The fraction of sp³-hybridized carbons (Fsp3) is 0.300. The molecule has 0 amide bonds. The summed E-state index contributed by atoms with van der Waals surface area (Å²) in [7, 11) is 1.86. The van der Waals surface area contributed by atoms with Crippen LogP contribution in [0.25, 0.3) is 10.9 Å². The SMILES string of the molecule is CC.CNc1n[nH]c2ccccc12. The Morgan fingerprint density at radius 1 is 1.23 bits per heavy atom. The highest BCUT2D eigenvalue weighted by Gasteiger charge is 1.99. The van der Waals surface area contributed by atoms with E-state index in [0.29, 0.717) is 0 Å². The van der Waals surface area contributed by atoms with Gasteiger partial charge in [-0.2, -0.15) is 5.10 Å². The van der Waals surface area contributed by atoms with Gasteiger partial charge in [-0.1, -0.05) is 26.0 Å².